The average molecular weight is 323 g/mol. The van der Waals surface area contributed by atoms with Crippen LogP contribution in [0.15, 0.2) is 60.7 Å². The van der Waals surface area contributed by atoms with Gasteiger partial charge in [-0.1, -0.05) is 48.5 Å². The fourth-order valence-corrected chi connectivity index (χ4v) is 2.83. The Bertz CT molecular complexity index is 688. The first-order valence-electron chi connectivity index (χ1n) is 8.15. The number of nitrogens with one attached hydrogen (secondary N) is 2. The predicted molar refractivity (Wildman–Crippen MR) is 93.0 cm³/mol. The summed E-state index contributed by atoms with van der Waals surface area (Å²) in [6, 6.07) is 19.5. The number of benzene rings is 2. The molecule has 2 N–H and O–H groups in total. The predicted octanol–water partition coefficient (Wildman–Crippen LogP) is 2.22. The second kappa shape index (κ2) is 7.64. The molecule has 1 aliphatic heterocycles. The molecule has 3 rings (SSSR count). The van der Waals surface area contributed by atoms with Crippen molar-refractivity contribution in [1.29, 1.82) is 0 Å². The molecule has 0 spiro atoms. The van der Waals surface area contributed by atoms with Gasteiger partial charge in [0.1, 0.15) is 0 Å². The van der Waals surface area contributed by atoms with Gasteiger partial charge in [0.2, 0.25) is 11.8 Å². The number of anilines is 1. The molecule has 2 aromatic carbocycles. The fourth-order valence-electron chi connectivity index (χ4n) is 2.83. The molecule has 0 radical (unpaired) electrons. The third-order valence-corrected chi connectivity index (χ3v) is 4.20. The number of carbonyl (C=O) groups excluding carboxylic acids is 2. The van der Waals surface area contributed by atoms with Gasteiger partial charge in [-0.3, -0.25) is 20.4 Å². The van der Waals surface area contributed by atoms with Crippen molar-refractivity contribution in [3.05, 3.63) is 66.2 Å². The summed E-state index contributed by atoms with van der Waals surface area (Å²) in [7, 11) is 0. The molecule has 1 heterocycles. The Morgan fingerprint density at radius 2 is 1.71 bits per heavy atom. The molecule has 124 valence electrons. The van der Waals surface area contributed by atoms with Gasteiger partial charge in [0, 0.05) is 19.5 Å². The number of likely N-dealkylation sites (tertiary alicyclic amines) is 1. The number of amides is 2. The maximum Gasteiger partial charge on any atom is 0.243 e. The summed E-state index contributed by atoms with van der Waals surface area (Å²) in [6.45, 7) is 1.13. The van der Waals surface area contributed by atoms with Crippen LogP contribution in [0.5, 0.6) is 0 Å². The first-order valence-corrected chi connectivity index (χ1v) is 8.15. The van der Waals surface area contributed by atoms with Crippen molar-refractivity contribution in [1.82, 2.24) is 10.3 Å². The van der Waals surface area contributed by atoms with Gasteiger partial charge in [-0.25, -0.2) is 0 Å². The number of hydrogen-bond donors (Lipinski definition) is 2. The molecule has 5 heteroatoms. The first kappa shape index (κ1) is 16.1. The van der Waals surface area contributed by atoms with Crippen LogP contribution in [0.2, 0.25) is 0 Å². The SMILES string of the molecule is O=C(NNc1ccccc1)C1CC(=O)N(CCc2ccccc2)C1. The van der Waals surface area contributed by atoms with Crippen molar-refractivity contribution in [2.24, 2.45) is 5.92 Å². The van der Waals surface area contributed by atoms with E-state index in [-0.39, 0.29) is 24.2 Å². The van der Waals surface area contributed by atoms with E-state index in [0.717, 1.165) is 12.1 Å². The van der Waals surface area contributed by atoms with E-state index in [0.29, 0.717) is 13.1 Å². The van der Waals surface area contributed by atoms with E-state index >= 15 is 0 Å². The number of rotatable bonds is 6. The maximum atomic E-state index is 12.2. The fraction of sp³-hybridized carbons (Fsp3) is 0.263. The molecular weight excluding hydrogens is 302 g/mol. The lowest BCUT2D eigenvalue weighted by atomic mass is 10.1. The molecule has 2 aromatic rings. The quantitative estimate of drug-likeness (QED) is 0.801. The number of hydrogen-bond acceptors (Lipinski definition) is 3. The highest BCUT2D eigenvalue weighted by molar-refractivity contribution is 5.89. The highest BCUT2D eigenvalue weighted by atomic mass is 16.2. The lowest BCUT2D eigenvalue weighted by Gasteiger charge is -2.17. The average Bonchev–Trinajstić information content (AvgIpc) is 3.00. The summed E-state index contributed by atoms with van der Waals surface area (Å²) in [5, 5.41) is 0. The third-order valence-electron chi connectivity index (χ3n) is 4.20. The molecule has 1 fully saturated rings. The molecule has 0 bridgehead atoms. The minimum atomic E-state index is -0.301. The van der Waals surface area contributed by atoms with E-state index in [1.807, 2.05) is 48.5 Å². The van der Waals surface area contributed by atoms with E-state index in [1.54, 1.807) is 4.90 Å². The van der Waals surface area contributed by atoms with Crippen LogP contribution in [0.4, 0.5) is 5.69 Å². The van der Waals surface area contributed by atoms with Crippen LogP contribution in [0.25, 0.3) is 0 Å². The normalized spacial score (nSPS) is 16.9. The molecule has 1 aliphatic rings. The second-order valence-corrected chi connectivity index (χ2v) is 5.96. The largest absolute Gasteiger partial charge is 0.342 e. The molecule has 1 unspecified atom stereocenters. The third kappa shape index (κ3) is 4.13. The lowest BCUT2D eigenvalue weighted by Crippen LogP contribution is -2.36. The zero-order valence-electron chi connectivity index (χ0n) is 13.4. The lowest BCUT2D eigenvalue weighted by molar-refractivity contribution is -0.128. The van der Waals surface area contributed by atoms with Gasteiger partial charge in [0.25, 0.3) is 0 Å². The standard InChI is InChI=1S/C19H21N3O2/c23-18-13-16(19(24)21-20-17-9-5-2-6-10-17)14-22(18)12-11-15-7-3-1-4-8-15/h1-10,16,20H,11-14H2,(H,21,24). The Balaban J connectivity index is 1.48. The van der Waals surface area contributed by atoms with Crippen LogP contribution in [0.1, 0.15) is 12.0 Å². The highest BCUT2D eigenvalue weighted by Gasteiger charge is 2.33. The Hall–Kier alpha value is -2.82. The van der Waals surface area contributed by atoms with Gasteiger partial charge in [-0.2, -0.15) is 0 Å². The monoisotopic (exact) mass is 323 g/mol. The number of hydrazine groups is 1. The van der Waals surface area contributed by atoms with E-state index in [2.05, 4.69) is 23.0 Å². The van der Waals surface area contributed by atoms with Gasteiger partial charge in [0.15, 0.2) is 0 Å². The van der Waals surface area contributed by atoms with E-state index in [9.17, 15) is 9.59 Å². The number of carbonyl (C=O) groups is 2. The molecule has 0 saturated carbocycles. The van der Waals surface area contributed by atoms with Gasteiger partial charge in [0.05, 0.1) is 11.6 Å². The van der Waals surface area contributed by atoms with Gasteiger partial charge in [-0.15, -0.1) is 0 Å². The summed E-state index contributed by atoms with van der Waals surface area (Å²) in [6.07, 6.45) is 1.08. The zero-order chi connectivity index (χ0) is 16.8. The van der Waals surface area contributed by atoms with Crippen molar-refractivity contribution in [3.8, 4) is 0 Å². The van der Waals surface area contributed by atoms with Gasteiger partial charge < -0.3 is 4.90 Å². The first-order chi connectivity index (χ1) is 11.7. The molecular formula is C19H21N3O2. The number of nitrogens with zero attached hydrogens (tertiary/aromatic N) is 1. The van der Waals surface area contributed by atoms with Gasteiger partial charge in [-0.05, 0) is 24.1 Å². The van der Waals surface area contributed by atoms with Crippen LogP contribution in [0, 0.1) is 5.92 Å². The molecule has 1 saturated heterocycles. The van der Waals surface area contributed by atoms with Crippen LogP contribution in [0.3, 0.4) is 0 Å². The molecule has 2 amide bonds. The minimum Gasteiger partial charge on any atom is -0.342 e. The summed E-state index contributed by atoms with van der Waals surface area (Å²) >= 11 is 0. The maximum absolute atomic E-state index is 12.2. The van der Waals surface area contributed by atoms with Gasteiger partial charge >= 0.3 is 0 Å². The van der Waals surface area contributed by atoms with Crippen molar-refractivity contribution in [2.75, 3.05) is 18.5 Å². The summed E-state index contributed by atoms with van der Waals surface area (Å²) < 4.78 is 0. The molecule has 0 aromatic heterocycles. The molecule has 0 aliphatic carbocycles. The van der Waals surface area contributed by atoms with Crippen LogP contribution in [-0.4, -0.2) is 29.8 Å². The minimum absolute atomic E-state index is 0.0470. The smallest absolute Gasteiger partial charge is 0.243 e. The summed E-state index contributed by atoms with van der Waals surface area (Å²) in [5.41, 5.74) is 7.58. The van der Waals surface area contributed by atoms with E-state index in [1.165, 1.54) is 5.56 Å². The Labute approximate surface area is 141 Å². The van der Waals surface area contributed by atoms with Crippen molar-refractivity contribution >= 4 is 17.5 Å². The van der Waals surface area contributed by atoms with Crippen LogP contribution >= 0.6 is 0 Å². The van der Waals surface area contributed by atoms with E-state index in [4.69, 9.17) is 0 Å². The Morgan fingerprint density at radius 1 is 1.04 bits per heavy atom. The second-order valence-electron chi connectivity index (χ2n) is 5.96. The highest BCUT2D eigenvalue weighted by Crippen LogP contribution is 2.18. The Kier molecular flexibility index (Phi) is 5.11. The van der Waals surface area contributed by atoms with Crippen molar-refractivity contribution in [2.45, 2.75) is 12.8 Å². The molecule has 24 heavy (non-hydrogen) atoms. The number of para-hydroxylation sites is 1. The topological polar surface area (TPSA) is 61.4 Å². The molecule has 5 nitrogen and oxygen atoms in total. The molecule has 1 atom stereocenters. The Morgan fingerprint density at radius 3 is 2.42 bits per heavy atom. The van der Waals surface area contributed by atoms with Crippen LogP contribution in [-0.2, 0) is 16.0 Å². The van der Waals surface area contributed by atoms with Crippen molar-refractivity contribution < 1.29 is 9.59 Å². The van der Waals surface area contributed by atoms with Crippen molar-refractivity contribution in [3.63, 3.8) is 0 Å². The summed E-state index contributed by atoms with van der Waals surface area (Å²) in [5.74, 6) is -0.398. The van der Waals surface area contributed by atoms with E-state index < -0.39 is 0 Å². The van der Waals surface area contributed by atoms with Crippen LogP contribution < -0.4 is 10.9 Å². The summed E-state index contributed by atoms with van der Waals surface area (Å²) in [4.78, 5) is 26.1. The zero-order valence-corrected chi connectivity index (χ0v) is 13.4.